The largest absolute Gasteiger partial charge is 0.491 e. The van der Waals surface area contributed by atoms with Crippen LogP contribution in [-0.2, 0) is 4.79 Å². The van der Waals surface area contributed by atoms with Crippen molar-refractivity contribution in [2.24, 2.45) is 0 Å². The van der Waals surface area contributed by atoms with Gasteiger partial charge in [-0.15, -0.1) is 0 Å². The normalized spacial score (nSPS) is 15.9. The summed E-state index contributed by atoms with van der Waals surface area (Å²) in [5.41, 5.74) is 2.24. The number of hydrogen-bond acceptors (Lipinski definition) is 2. The number of ether oxygens (including phenoxy) is 1. The number of allylic oxidation sites excluding steroid dienone is 2. The van der Waals surface area contributed by atoms with Gasteiger partial charge in [0.25, 0.3) is 0 Å². The van der Waals surface area contributed by atoms with Crippen LogP contribution in [0.5, 0.6) is 5.75 Å². The molecule has 0 amide bonds. The molecule has 2 heteroatoms. The minimum Gasteiger partial charge on any atom is -0.491 e. The first-order valence-corrected chi connectivity index (χ1v) is 6.15. The van der Waals surface area contributed by atoms with E-state index in [2.05, 4.69) is 0 Å². The molecule has 1 aliphatic carbocycles. The average molecular weight is 230 g/mol. The van der Waals surface area contributed by atoms with E-state index in [0.29, 0.717) is 6.42 Å². The van der Waals surface area contributed by atoms with Crippen molar-refractivity contribution in [3.63, 3.8) is 0 Å². The van der Waals surface area contributed by atoms with Gasteiger partial charge < -0.3 is 4.74 Å². The van der Waals surface area contributed by atoms with E-state index >= 15 is 0 Å². The summed E-state index contributed by atoms with van der Waals surface area (Å²) in [6.07, 6.45) is 4.58. The lowest BCUT2D eigenvalue weighted by molar-refractivity contribution is -0.114. The third kappa shape index (κ3) is 3.19. The Bertz CT molecular complexity index is 444. The van der Waals surface area contributed by atoms with E-state index in [1.54, 1.807) is 6.08 Å². The van der Waals surface area contributed by atoms with E-state index in [4.69, 9.17) is 4.74 Å². The molecular formula is C15H18O2. The highest BCUT2D eigenvalue weighted by atomic mass is 16.5. The Balaban J connectivity index is 2.23. The lowest BCUT2D eigenvalue weighted by Crippen LogP contribution is -2.06. The van der Waals surface area contributed by atoms with Gasteiger partial charge >= 0.3 is 0 Å². The SMILES string of the molecule is CC(C)Oc1cccc(C2=CC(=O)CCC2)c1. The predicted octanol–water partition coefficient (Wildman–Crippen LogP) is 3.61. The van der Waals surface area contributed by atoms with Gasteiger partial charge in [-0.3, -0.25) is 4.79 Å². The van der Waals surface area contributed by atoms with Crippen molar-refractivity contribution in [1.29, 1.82) is 0 Å². The maximum atomic E-state index is 11.4. The highest BCUT2D eigenvalue weighted by molar-refractivity contribution is 5.98. The minimum absolute atomic E-state index is 0.173. The molecule has 2 nitrogen and oxygen atoms in total. The molecule has 0 saturated carbocycles. The number of rotatable bonds is 3. The molecule has 0 saturated heterocycles. The predicted molar refractivity (Wildman–Crippen MR) is 69.0 cm³/mol. The van der Waals surface area contributed by atoms with Gasteiger partial charge in [0, 0.05) is 6.42 Å². The topological polar surface area (TPSA) is 26.3 Å². The first kappa shape index (κ1) is 11.9. The number of ketones is 1. The van der Waals surface area contributed by atoms with E-state index in [-0.39, 0.29) is 11.9 Å². The van der Waals surface area contributed by atoms with Crippen LogP contribution >= 0.6 is 0 Å². The highest BCUT2D eigenvalue weighted by Gasteiger charge is 2.12. The average Bonchev–Trinajstić information content (AvgIpc) is 2.28. The van der Waals surface area contributed by atoms with Crippen LogP contribution in [0.1, 0.15) is 38.7 Å². The van der Waals surface area contributed by atoms with Crippen molar-refractivity contribution in [3.8, 4) is 5.75 Å². The number of carbonyl (C=O) groups excluding carboxylic acids is 1. The Morgan fingerprint density at radius 1 is 1.24 bits per heavy atom. The smallest absolute Gasteiger partial charge is 0.155 e. The molecule has 0 aromatic heterocycles. The number of carbonyl (C=O) groups is 1. The van der Waals surface area contributed by atoms with E-state index in [0.717, 1.165) is 29.7 Å². The molecule has 1 aromatic rings. The fourth-order valence-corrected chi connectivity index (χ4v) is 2.06. The summed E-state index contributed by atoms with van der Waals surface area (Å²) < 4.78 is 5.66. The van der Waals surface area contributed by atoms with E-state index in [1.165, 1.54) is 0 Å². The van der Waals surface area contributed by atoms with Crippen molar-refractivity contribution in [3.05, 3.63) is 35.9 Å². The van der Waals surface area contributed by atoms with Crippen LogP contribution in [0.25, 0.3) is 5.57 Å². The second-order valence-electron chi connectivity index (χ2n) is 4.68. The van der Waals surface area contributed by atoms with Gasteiger partial charge in [-0.25, -0.2) is 0 Å². The molecule has 1 aliphatic rings. The van der Waals surface area contributed by atoms with Crippen LogP contribution in [0.4, 0.5) is 0 Å². The standard InChI is InChI=1S/C15H18O2/c1-11(2)17-15-8-4-6-13(10-15)12-5-3-7-14(16)9-12/h4,6,8-11H,3,5,7H2,1-2H3. The van der Waals surface area contributed by atoms with Crippen LogP contribution in [0.2, 0.25) is 0 Å². The van der Waals surface area contributed by atoms with Gasteiger partial charge in [0.2, 0.25) is 0 Å². The Kier molecular flexibility index (Phi) is 3.62. The van der Waals surface area contributed by atoms with E-state index in [9.17, 15) is 4.79 Å². The third-order valence-electron chi connectivity index (χ3n) is 2.78. The molecule has 90 valence electrons. The van der Waals surface area contributed by atoms with Crippen molar-refractivity contribution in [2.45, 2.75) is 39.2 Å². The van der Waals surface area contributed by atoms with Gasteiger partial charge in [0.05, 0.1) is 6.10 Å². The number of benzene rings is 1. The molecule has 0 heterocycles. The van der Waals surface area contributed by atoms with Gasteiger partial charge in [0.1, 0.15) is 5.75 Å². The monoisotopic (exact) mass is 230 g/mol. The van der Waals surface area contributed by atoms with Crippen LogP contribution in [0.15, 0.2) is 30.3 Å². The van der Waals surface area contributed by atoms with Crippen LogP contribution in [0, 0.1) is 0 Å². The Morgan fingerprint density at radius 3 is 2.76 bits per heavy atom. The number of hydrogen-bond donors (Lipinski definition) is 0. The van der Waals surface area contributed by atoms with Crippen LogP contribution < -0.4 is 4.74 Å². The van der Waals surface area contributed by atoms with E-state index < -0.39 is 0 Å². The maximum absolute atomic E-state index is 11.4. The van der Waals surface area contributed by atoms with Crippen LogP contribution in [-0.4, -0.2) is 11.9 Å². The van der Waals surface area contributed by atoms with Crippen molar-refractivity contribution >= 4 is 11.4 Å². The van der Waals surface area contributed by atoms with Gasteiger partial charge in [-0.1, -0.05) is 12.1 Å². The maximum Gasteiger partial charge on any atom is 0.155 e. The first-order valence-electron chi connectivity index (χ1n) is 6.15. The summed E-state index contributed by atoms with van der Waals surface area (Å²) in [5, 5.41) is 0. The molecule has 0 radical (unpaired) electrons. The second-order valence-corrected chi connectivity index (χ2v) is 4.68. The summed E-state index contributed by atoms with van der Waals surface area (Å²) in [5.74, 6) is 1.11. The quantitative estimate of drug-likeness (QED) is 0.793. The Hall–Kier alpha value is -1.57. The van der Waals surface area contributed by atoms with Crippen LogP contribution in [0.3, 0.4) is 0 Å². The van der Waals surface area contributed by atoms with Gasteiger partial charge in [0.15, 0.2) is 5.78 Å². The first-order chi connectivity index (χ1) is 8.15. The lowest BCUT2D eigenvalue weighted by Gasteiger charge is -2.14. The molecule has 0 N–H and O–H groups in total. The van der Waals surface area contributed by atoms with E-state index in [1.807, 2.05) is 38.1 Å². The fourth-order valence-electron chi connectivity index (χ4n) is 2.06. The lowest BCUT2D eigenvalue weighted by atomic mass is 9.93. The molecular weight excluding hydrogens is 212 g/mol. The van der Waals surface area contributed by atoms with Gasteiger partial charge in [-0.2, -0.15) is 0 Å². The summed E-state index contributed by atoms with van der Waals surface area (Å²) in [4.78, 5) is 11.4. The zero-order valence-corrected chi connectivity index (χ0v) is 10.4. The fraction of sp³-hybridized carbons (Fsp3) is 0.400. The molecule has 0 bridgehead atoms. The summed E-state index contributed by atoms with van der Waals surface area (Å²) in [7, 11) is 0. The zero-order valence-electron chi connectivity index (χ0n) is 10.4. The Labute approximate surface area is 102 Å². The summed E-state index contributed by atoms with van der Waals surface area (Å²) in [6.45, 7) is 4.02. The highest BCUT2D eigenvalue weighted by Crippen LogP contribution is 2.27. The zero-order chi connectivity index (χ0) is 12.3. The summed E-state index contributed by atoms with van der Waals surface area (Å²) in [6, 6.07) is 7.99. The molecule has 1 aromatic carbocycles. The molecule has 0 aliphatic heterocycles. The van der Waals surface area contributed by atoms with Crippen molar-refractivity contribution in [2.75, 3.05) is 0 Å². The van der Waals surface area contributed by atoms with Gasteiger partial charge in [-0.05, 0) is 56.0 Å². The molecule has 2 rings (SSSR count). The molecule has 0 unspecified atom stereocenters. The van der Waals surface area contributed by atoms with Crippen molar-refractivity contribution in [1.82, 2.24) is 0 Å². The minimum atomic E-state index is 0.173. The van der Waals surface area contributed by atoms with Crippen molar-refractivity contribution < 1.29 is 9.53 Å². The molecule has 0 spiro atoms. The third-order valence-corrected chi connectivity index (χ3v) is 2.78. The second kappa shape index (κ2) is 5.17. The summed E-state index contributed by atoms with van der Waals surface area (Å²) >= 11 is 0. The molecule has 0 atom stereocenters. The molecule has 17 heavy (non-hydrogen) atoms. The molecule has 0 fully saturated rings. The Morgan fingerprint density at radius 2 is 2.06 bits per heavy atom.